The highest BCUT2D eigenvalue weighted by Crippen LogP contribution is 2.28. The number of halogens is 2. The van der Waals surface area contributed by atoms with E-state index in [-0.39, 0.29) is 6.04 Å². The first-order chi connectivity index (χ1) is 8.58. The lowest BCUT2D eigenvalue weighted by Crippen LogP contribution is -2.14. The van der Waals surface area contributed by atoms with Gasteiger partial charge in [-0.15, -0.1) is 0 Å². The van der Waals surface area contributed by atoms with E-state index in [4.69, 9.17) is 28.9 Å². The van der Waals surface area contributed by atoms with Crippen molar-refractivity contribution in [2.45, 2.75) is 19.4 Å². The van der Waals surface area contributed by atoms with Gasteiger partial charge in [0.25, 0.3) is 0 Å². The van der Waals surface area contributed by atoms with Gasteiger partial charge in [0.15, 0.2) is 0 Å². The minimum atomic E-state index is -0.157. The molecule has 1 heterocycles. The summed E-state index contributed by atoms with van der Waals surface area (Å²) in [6, 6.07) is 9.25. The number of nitrogens with two attached hydrogens (primary N) is 1. The lowest BCUT2D eigenvalue weighted by Gasteiger charge is -2.14. The zero-order valence-electron chi connectivity index (χ0n) is 10.0. The molecule has 0 fully saturated rings. The summed E-state index contributed by atoms with van der Waals surface area (Å²) in [5, 5.41) is 1.30. The molecule has 0 bridgehead atoms. The van der Waals surface area contributed by atoms with E-state index in [1.165, 1.54) is 0 Å². The fourth-order valence-corrected chi connectivity index (χ4v) is 2.32. The molecule has 0 aliphatic carbocycles. The van der Waals surface area contributed by atoms with Crippen LogP contribution in [0.3, 0.4) is 0 Å². The van der Waals surface area contributed by atoms with Crippen molar-refractivity contribution in [2.75, 3.05) is 0 Å². The van der Waals surface area contributed by atoms with Gasteiger partial charge in [-0.05, 0) is 42.7 Å². The lowest BCUT2D eigenvalue weighted by molar-refractivity contribution is 0.717. The van der Waals surface area contributed by atoms with E-state index in [2.05, 4.69) is 4.98 Å². The molecule has 0 saturated carbocycles. The second-order valence-electron chi connectivity index (χ2n) is 4.24. The second kappa shape index (κ2) is 5.70. The van der Waals surface area contributed by atoms with Crippen LogP contribution in [0.1, 0.15) is 22.9 Å². The topological polar surface area (TPSA) is 38.9 Å². The van der Waals surface area contributed by atoms with Crippen LogP contribution in [0, 0.1) is 6.92 Å². The molecule has 1 aromatic heterocycles. The van der Waals surface area contributed by atoms with Gasteiger partial charge in [0.05, 0.1) is 0 Å². The summed E-state index contributed by atoms with van der Waals surface area (Å²) >= 11 is 12.3. The van der Waals surface area contributed by atoms with Gasteiger partial charge in [0.2, 0.25) is 0 Å². The van der Waals surface area contributed by atoms with E-state index in [0.29, 0.717) is 16.5 Å². The summed E-state index contributed by atoms with van der Waals surface area (Å²) in [5.74, 6) is 0. The van der Waals surface area contributed by atoms with Crippen molar-refractivity contribution in [3.63, 3.8) is 0 Å². The SMILES string of the molecule is Cc1ccc(C(N)Cc2c(Cl)cccc2Cl)cn1. The molecule has 1 atom stereocenters. The molecule has 2 N–H and O–H groups in total. The molecule has 4 heteroatoms. The van der Waals surface area contributed by atoms with Gasteiger partial charge >= 0.3 is 0 Å². The second-order valence-corrected chi connectivity index (χ2v) is 5.06. The molecule has 0 radical (unpaired) electrons. The quantitative estimate of drug-likeness (QED) is 0.925. The highest BCUT2D eigenvalue weighted by molar-refractivity contribution is 6.36. The Morgan fingerprint density at radius 1 is 1.17 bits per heavy atom. The van der Waals surface area contributed by atoms with E-state index in [0.717, 1.165) is 16.8 Å². The molecule has 0 spiro atoms. The summed E-state index contributed by atoms with van der Waals surface area (Å²) < 4.78 is 0. The van der Waals surface area contributed by atoms with Crippen molar-refractivity contribution in [1.29, 1.82) is 0 Å². The lowest BCUT2D eigenvalue weighted by atomic mass is 10.0. The van der Waals surface area contributed by atoms with Gasteiger partial charge in [0.1, 0.15) is 0 Å². The highest BCUT2D eigenvalue weighted by Gasteiger charge is 2.12. The van der Waals surface area contributed by atoms with Crippen molar-refractivity contribution in [1.82, 2.24) is 4.98 Å². The van der Waals surface area contributed by atoms with Crippen molar-refractivity contribution in [3.8, 4) is 0 Å². The Morgan fingerprint density at radius 2 is 1.83 bits per heavy atom. The van der Waals surface area contributed by atoms with Crippen LogP contribution in [0.25, 0.3) is 0 Å². The summed E-state index contributed by atoms with van der Waals surface area (Å²) in [7, 11) is 0. The average Bonchev–Trinajstić information content (AvgIpc) is 2.34. The van der Waals surface area contributed by atoms with E-state index in [1.807, 2.05) is 37.3 Å². The molecule has 94 valence electrons. The third-order valence-corrected chi connectivity index (χ3v) is 3.56. The maximum atomic E-state index is 6.16. The molecule has 0 saturated heterocycles. The normalized spacial score (nSPS) is 12.4. The largest absolute Gasteiger partial charge is 0.324 e. The fraction of sp³-hybridized carbons (Fsp3) is 0.214. The molecule has 0 aliphatic rings. The van der Waals surface area contributed by atoms with Crippen LogP contribution >= 0.6 is 23.2 Å². The molecule has 2 nitrogen and oxygen atoms in total. The Labute approximate surface area is 117 Å². The van der Waals surface area contributed by atoms with E-state index >= 15 is 0 Å². The van der Waals surface area contributed by atoms with Gasteiger partial charge in [-0.2, -0.15) is 0 Å². The molecular formula is C14H14Cl2N2. The Balaban J connectivity index is 2.21. The molecule has 0 aliphatic heterocycles. The van der Waals surface area contributed by atoms with Gasteiger partial charge in [-0.1, -0.05) is 35.3 Å². The molecule has 18 heavy (non-hydrogen) atoms. The van der Waals surface area contributed by atoms with Crippen molar-refractivity contribution < 1.29 is 0 Å². The van der Waals surface area contributed by atoms with Crippen LogP contribution in [0.2, 0.25) is 10.0 Å². The third-order valence-electron chi connectivity index (χ3n) is 2.85. The smallest absolute Gasteiger partial charge is 0.0453 e. The van der Waals surface area contributed by atoms with E-state index < -0.39 is 0 Å². The predicted molar refractivity (Wildman–Crippen MR) is 76.1 cm³/mol. The number of aryl methyl sites for hydroxylation is 1. The van der Waals surface area contributed by atoms with Crippen molar-refractivity contribution in [2.24, 2.45) is 5.73 Å². The van der Waals surface area contributed by atoms with Gasteiger partial charge < -0.3 is 5.73 Å². The van der Waals surface area contributed by atoms with Crippen LogP contribution in [0.4, 0.5) is 0 Å². The summed E-state index contributed by atoms with van der Waals surface area (Å²) in [5.41, 5.74) is 9.00. The zero-order chi connectivity index (χ0) is 13.1. The van der Waals surface area contributed by atoms with Gasteiger partial charge in [0, 0.05) is 28.0 Å². The summed E-state index contributed by atoms with van der Waals surface area (Å²) in [6.07, 6.45) is 2.40. The highest BCUT2D eigenvalue weighted by atomic mass is 35.5. The Kier molecular flexibility index (Phi) is 4.23. The van der Waals surface area contributed by atoms with E-state index in [9.17, 15) is 0 Å². The van der Waals surface area contributed by atoms with E-state index in [1.54, 1.807) is 6.20 Å². The first-order valence-corrected chi connectivity index (χ1v) is 6.44. The maximum Gasteiger partial charge on any atom is 0.0453 e. The number of pyridine rings is 1. The van der Waals surface area contributed by atoms with Crippen LogP contribution < -0.4 is 5.73 Å². The molecule has 1 unspecified atom stereocenters. The summed E-state index contributed by atoms with van der Waals surface area (Å²) in [6.45, 7) is 1.94. The minimum absolute atomic E-state index is 0.157. The molecule has 2 rings (SSSR count). The van der Waals surface area contributed by atoms with Crippen molar-refractivity contribution in [3.05, 3.63) is 63.4 Å². The monoisotopic (exact) mass is 280 g/mol. The third kappa shape index (κ3) is 3.02. The Morgan fingerprint density at radius 3 is 2.39 bits per heavy atom. The van der Waals surface area contributed by atoms with Crippen LogP contribution in [-0.4, -0.2) is 4.98 Å². The zero-order valence-corrected chi connectivity index (χ0v) is 11.5. The predicted octanol–water partition coefficient (Wildman–Crippen LogP) is 3.94. The Hall–Kier alpha value is -1.09. The van der Waals surface area contributed by atoms with Crippen LogP contribution in [-0.2, 0) is 6.42 Å². The number of hydrogen-bond donors (Lipinski definition) is 1. The van der Waals surface area contributed by atoms with Gasteiger partial charge in [-0.3, -0.25) is 4.98 Å². The molecule has 1 aromatic carbocycles. The number of aromatic nitrogens is 1. The average molecular weight is 281 g/mol. The first kappa shape index (κ1) is 13.3. The molecule has 0 amide bonds. The Bertz CT molecular complexity index is 518. The number of benzene rings is 1. The molecular weight excluding hydrogens is 267 g/mol. The fourth-order valence-electron chi connectivity index (χ4n) is 1.76. The first-order valence-electron chi connectivity index (χ1n) is 5.69. The van der Waals surface area contributed by atoms with Crippen LogP contribution in [0.15, 0.2) is 36.5 Å². The summed E-state index contributed by atoms with van der Waals surface area (Å²) in [4.78, 5) is 4.24. The van der Waals surface area contributed by atoms with Gasteiger partial charge in [-0.25, -0.2) is 0 Å². The minimum Gasteiger partial charge on any atom is -0.324 e. The number of hydrogen-bond acceptors (Lipinski definition) is 2. The molecule has 2 aromatic rings. The van der Waals surface area contributed by atoms with Crippen molar-refractivity contribution >= 4 is 23.2 Å². The number of rotatable bonds is 3. The standard InChI is InChI=1S/C14H14Cl2N2/c1-9-5-6-10(8-18-9)14(17)7-11-12(15)3-2-4-13(11)16/h2-6,8,14H,7,17H2,1H3. The van der Waals surface area contributed by atoms with Crippen LogP contribution in [0.5, 0.6) is 0 Å². The number of nitrogens with zero attached hydrogens (tertiary/aromatic N) is 1. The maximum absolute atomic E-state index is 6.16.